The molecule has 0 aromatic heterocycles. The van der Waals surface area contributed by atoms with Crippen molar-refractivity contribution in [2.75, 3.05) is 0 Å². The molecular formula is C12H24N4O2S. The molecule has 0 rings (SSSR count). The number of hydrogen-bond donors (Lipinski definition) is 4. The molecule has 7 heteroatoms. The fourth-order valence-electron chi connectivity index (χ4n) is 1.32. The van der Waals surface area contributed by atoms with Crippen LogP contribution < -0.4 is 21.5 Å². The summed E-state index contributed by atoms with van der Waals surface area (Å²) in [6, 6.07) is -0.595. The quantitative estimate of drug-likeness (QED) is 0.447. The lowest BCUT2D eigenvalue weighted by Crippen LogP contribution is -2.57. The summed E-state index contributed by atoms with van der Waals surface area (Å²) in [5.41, 5.74) is 4.91. The highest BCUT2D eigenvalue weighted by atomic mass is 32.1. The maximum atomic E-state index is 11.9. The van der Waals surface area contributed by atoms with Crippen molar-refractivity contribution in [1.29, 1.82) is 0 Å². The van der Waals surface area contributed by atoms with Gasteiger partial charge in [-0.25, -0.2) is 0 Å². The number of rotatable bonds is 3. The van der Waals surface area contributed by atoms with Crippen LogP contribution in [0.2, 0.25) is 0 Å². The van der Waals surface area contributed by atoms with Gasteiger partial charge in [0.2, 0.25) is 5.91 Å². The van der Waals surface area contributed by atoms with Crippen LogP contribution >= 0.6 is 12.2 Å². The third-order valence-electron chi connectivity index (χ3n) is 2.10. The van der Waals surface area contributed by atoms with Gasteiger partial charge in [-0.05, 0) is 38.9 Å². The Hall–Kier alpha value is -1.37. The zero-order valence-corrected chi connectivity index (χ0v) is 13.2. The highest BCUT2D eigenvalue weighted by Gasteiger charge is 2.23. The van der Waals surface area contributed by atoms with E-state index in [0.29, 0.717) is 5.11 Å². The van der Waals surface area contributed by atoms with Gasteiger partial charge in [-0.2, -0.15) is 0 Å². The van der Waals surface area contributed by atoms with Gasteiger partial charge in [-0.1, -0.05) is 13.8 Å². The van der Waals surface area contributed by atoms with Crippen LogP contribution in [0.5, 0.6) is 0 Å². The Morgan fingerprint density at radius 1 is 1.11 bits per heavy atom. The van der Waals surface area contributed by atoms with E-state index in [1.54, 1.807) is 0 Å². The van der Waals surface area contributed by atoms with E-state index in [1.165, 1.54) is 6.92 Å². The molecule has 0 aliphatic rings. The molecule has 0 aliphatic heterocycles. The number of carbonyl (C=O) groups excluding carboxylic acids is 2. The molecule has 0 fully saturated rings. The summed E-state index contributed by atoms with van der Waals surface area (Å²) in [6.07, 6.45) is 0. The van der Waals surface area contributed by atoms with Gasteiger partial charge in [-0.15, -0.1) is 0 Å². The molecule has 1 atom stereocenters. The second-order valence-corrected chi connectivity index (χ2v) is 6.15. The van der Waals surface area contributed by atoms with E-state index in [4.69, 9.17) is 12.2 Å². The average molecular weight is 288 g/mol. The van der Waals surface area contributed by atoms with Gasteiger partial charge >= 0.3 is 0 Å². The van der Waals surface area contributed by atoms with Crippen molar-refractivity contribution in [3.8, 4) is 0 Å². The Morgan fingerprint density at radius 3 is 2.00 bits per heavy atom. The Kier molecular flexibility index (Phi) is 6.75. The predicted molar refractivity (Wildman–Crippen MR) is 79.2 cm³/mol. The number of nitrogens with one attached hydrogen (secondary N) is 4. The van der Waals surface area contributed by atoms with Gasteiger partial charge in [0.1, 0.15) is 6.04 Å². The summed E-state index contributed by atoms with van der Waals surface area (Å²) >= 11 is 5.04. The van der Waals surface area contributed by atoms with E-state index in [0.717, 1.165) is 0 Å². The second-order valence-electron chi connectivity index (χ2n) is 5.74. The van der Waals surface area contributed by atoms with E-state index in [1.807, 2.05) is 34.6 Å². The van der Waals surface area contributed by atoms with Crippen LogP contribution in [0.25, 0.3) is 0 Å². The molecule has 0 aromatic carbocycles. The summed E-state index contributed by atoms with van der Waals surface area (Å²) < 4.78 is 0. The van der Waals surface area contributed by atoms with Gasteiger partial charge < -0.3 is 10.6 Å². The molecule has 6 nitrogen and oxygen atoms in total. The first-order valence-electron chi connectivity index (χ1n) is 6.18. The van der Waals surface area contributed by atoms with Gasteiger partial charge in [0, 0.05) is 12.5 Å². The van der Waals surface area contributed by atoms with Crippen LogP contribution in [0.4, 0.5) is 0 Å². The van der Waals surface area contributed by atoms with E-state index in [2.05, 4.69) is 21.5 Å². The fraction of sp³-hybridized carbons (Fsp3) is 0.750. The van der Waals surface area contributed by atoms with Crippen molar-refractivity contribution >= 4 is 29.1 Å². The second kappa shape index (κ2) is 7.28. The van der Waals surface area contributed by atoms with Crippen LogP contribution in [0, 0.1) is 5.92 Å². The van der Waals surface area contributed by atoms with E-state index >= 15 is 0 Å². The topological polar surface area (TPSA) is 82.3 Å². The minimum Gasteiger partial charge on any atom is -0.357 e. The third kappa shape index (κ3) is 8.36. The molecule has 0 radical (unpaired) electrons. The predicted octanol–water partition coefficient (Wildman–Crippen LogP) is 0.441. The molecule has 19 heavy (non-hydrogen) atoms. The Balaban J connectivity index is 4.34. The van der Waals surface area contributed by atoms with Gasteiger partial charge in [0.05, 0.1) is 0 Å². The number of hydrogen-bond acceptors (Lipinski definition) is 3. The molecular weight excluding hydrogens is 264 g/mol. The summed E-state index contributed by atoms with van der Waals surface area (Å²) in [5, 5.41) is 5.92. The highest BCUT2D eigenvalue weighted by molar-refractivity contribution is 7.80. The van der Waals surface area contributed by atoms with Crippen molar-refractivity contribution in [1.82, 2.24) is 21.5 Å². The molecule has 110 valence electrons. The molecule has 0 bridgehead atoms. The first-order valence-corrected chi connectivity index (χ1v) is 6.59. The van der Waals surface area contributed by atoms with Crippen LogP contribution in [0.1, 0.15) is 41.5 Å². The molecule has 2 amide bonds. The monoisotopic (exact) mass is 288 g/mol. The first-order chi connectivity index (χ1) is 8.53. The summed E-state index contributed by atoms with van der Waals surface area (Å²) in [5.74, 6) is -0.595. The number of amides is 2. The molecule has 0 aromatic rings. The summed E-state index contributed by atoms with van der Waals surface area (Å²) in [7, 11) is 0. The van der Waals surface area contributed by atoms with E-state index in [9.17, 15) is 9.59 Å². The highest BCUT2D eigenvalue weighted by Crippen LogP contribution is 2.01. The molecule has 4 N–H and O–H groups in total. The van der Waals surface area contributed by atoms with Gasteiger partial charge in [0.15, 0.2) is 5.11 Å². The number of thiocarbonyl (C=S) groups is 1. The van der Waals surface area contributed by atoms with Gasteiger partial charge in [-0.3, -0.25) is 20.4 Å². The minimum absolute atomic E-state index is 0.0187. The van der Waals surface area contributed by atoms with Crippen LogP contribution in [-0.2, 0) is 9.59 Å². The molecule has 0 spiro atoms. The average Bonchev–Trinajstić information content (AvgIpc) is 2.19. The van der Waals surface area contributed by atoms with E-state index < -0.39 is 6.04 Å². The van der Waals surface area contributed by atoms with Crippen molar-refractivity contribution in [2.24, 2.45) is 5.92 Å². The molecule has 0 saturated carbocycles. The van der Waals surface area contributed by atoms with Crippen LogP contribution in [0.15, 0.2) is 0 Å². The maximum Gasteiger partial charge on any atom is 0.261 e. The molecule has 0 aliphatic carbocycles. The normalized spacial score (nSPS) is 12.6. The van der Waals surface area contributed by atoms with Crippen molar-refractivity contribution in [3.05, 3.63) is 0 Å². The SMILES string of the molecule is CC(=O)N[C@@H](C(=O)NNC(=S)NC(C)(C)C)C(C)C. The van der Waals surface area contributed by atoms with Crippen molar-refractivity contribution in [2.45, 2.75) is 53.1 Å². The largest absolute Gasteiger partial charge is 0.357 e. The molecule has 0 saturated heterocycles. The number of carbonyl (C=O) groups is 2. The Labute approximate surface area is 120 Å². The maximum absolute atomic E-state index is 11.9. The minimum atomic E-state index is -0.595. The van der Waals surface area contributed by atoms with Gasteiger partial charge in [0.25, 0.3) is 5.91 Å². The Bertz CT molecular complexity index is 350. The summed E-state index contributed by atoms with van der Waals surface area (Å²) in [4.78, 5) is 23.0. The number of hydrazine groups is 1. The Morgan fingerprint density at radius 2 is 1.63 bits per heavy atom. The van der Waals surface area contributed by atoms with Crippen molar-refractivity contribution < 1.29 is 9.59 Å². The van der Waals surface area contributed by atoms with Crippen molar-refractivity contribution in [3.63, 3.8) is 0 Å². The fourth-order valence-corrected chi connectivity index (χ4v) is 1.68. The first kappa shape index (κ1) is 17.6. The lowest BCUT2D eigenvalue weighted by atomic mass is 10.0. The standard InChI is InChI=1S/C12H24N4O2S/c1-7(2)9(13-8(3)17)10(18)15-16-11(19)14-12(4,5)6/h7,9H,1-6H3,(H,13,17)(H,15,18)(H2,14,16,19)/t9-/m1/s1. The third-order valence-corrected chi connectivity index (χ3v) is 2.30. The molecule has 0 unspecified atom stereocenters. The lowest BCUT2D eigenvalue weighted by Gasteiger charge is -2.25. The smallest absolute Gasteiger partial charge is 0.261 e. The van der Waals surface area contributed by atoms with Crippen LogP contribution in [0.3, 0.4) is 0 Å². The lowest BCUT2D eigenvalue weighted by molar-refractivity contribution is -0.129. The zero-order valence-electron chi connectivity index (χ0n) is 12.4. The summed E-state index contributed by atoms with van der Waals surface area (Å²) in [6.45, 7) is 10.9. The van der Waals surface area contributed by atoms with E-state index in [-0.39, 0.29) is 23.3 Å². The molecule has 0 heterocycles. The zero-order chi connectivity index (χ0) is 15.2. The van der Waals surface area contributed by atoms with Crippen LogP contribution in [-0.4, -0.2) is 28.5 Å².